The van der Waals surface area contributed by atoms with Crippen molar-refractivity contribution >= 4 is 19.8 Å². The smallest absolute Gasteiger partial charge is 0.244 e. The molecular weight excluding hydrogens is 282 g/mol. The van der Waals surface area contributed by atoms with Crippen LogP contribution in [0.1, 0.15) is 0 Å². The van der Waals surface area contributed by atoms with E-state index in [2.05, 4.69) is 3.77 Å². The van der Waals surface area contributed by atoms with Crippen molar-refractivity contribution in [1.82, 2.24) is 0 Å². The normalized spacial score (nSPS) is 14.6. The minimum absolute atomic E-state index is 0.0421. The Morgan fingerprint density at radius 1 is 0.737 bits per heavy atom. The molecule has 0 heterocycles. The standard InChI is InChI=1S/C13H13NO3S2/c1-18(15,12-8-4-2-5-9-12)14-19(16,17)13-10-6-3-7-11-13/h2-11H,1H3. The number of nitrogens with zero attached hydrogens (tertiary/aromatic N) is 1. The summed E-state index contributed by atoms with van der Waals surface area (Å²) >= 11 is 0. The minimum Gasteiger partial charge on any atom is -0.244 e. The molecule has 1 atom stereocenters. The van der Waals surface area contributed by atoms with Gasteiger partial charge in [0.15, 0.2) is 0 Å². The molecule has 19 heavy (non-hydrogen) atoms. The minimum atomic E-state index is -3.92. The molecule has 0 saturated heterocycles. The van der Waals surface area contributed by atoms with Crippen LogP contribution in [0.3, 0.4) is 0 Å². The van der Waals surface area contributed by atoms with Gasteiger partial charge in [-0.2, -0.15) is 8.42 Å². The Bertz CT molecular complexity index is 775. The molecule has 0 fully saturated rings. The van der Waals surface area contributed by atoms with E-state index < -0.39 is 19.8 Å². The first-order valence-corrected chi connectivity index (χ1v) is 8.87. The van der Waals surface area contributed by atoms with Crippen molar-refractivity contribution in [2.75, 3.05) is 6.26 Å². The van der Waals surface area contributed by atoms with Crippen LogP contribution in [0, 0.1) is 0 Å². The predicted molar refractivity (Wildman–Crippen MR) is 74.8 cm³/mol. The van der Waals surface area contributed by atoms with Crippen molar-refractivity contribution in [3.63, 3.8) is 0 Å². The van der Waals surface area contributed by atoms with Crippen molar-refractivity contribution in [3.8, 4) is 0 Å². The van der Waals surface area contributed by atoms with Crippen LogP contribution in [-0.2, 0) is 19.8 Å². The van der Waals surface area contributed by atoms with E-state index in [1.807, 2.05) is 0 Å². The number of hydrogen-bond acceptors (Lipinski definition) is 3. The Labute approximate surface area is 113 Å². The lowest BCUT2D eigenvalue weighted by molar-refractivity contribution is 0.598. The van der Waals surface area contributed by atoms with Gasteiger partial charge in [-0.3, -0.25) is 0 Å². The Morgan fingerprint density at radius 2 is 1.16 bits per heavy atom. The van der Waals surface area contributed by atoms with Crippen LogP contribution in [0.25, 0.3) is 0 Å². The van der Waals surface area contributed by atoms with Crippen molar-refractivity contribution in [3.05, 3.63) is 60.7 Å². The van der Waals surface area contributed by atoms with Crippen molar-refractivity contribution in [1.29, 1.82) is 0 Å². The highest BCUT2D eigenvalue weighted by molar-refractivity contribution is 8.03. The maximum Gasteiger partial charge on any atom is 0.290 e. The first kappa shape index (κ1) is 13.8. The SMILES string of the molecule is CS(=O)(=NS(=O)(=O)c1ccccc1)c1ccccc1. The lowest BCUT2D eigenvalue weighted by Crippen LogP contribution is -2.04. The van der Waals surface area contributed by atoms with E-state index in [-0.39, 0.29) is 4.90 Å². The van der Waals surface area contributed by atoms with E-state index >= 15 is 0 Å². The fourth-order valence-corrected chi connectivity index (χ4v) is 4.89. The molecule has 1 unspecified atom stereocenters. The largest absolute Gasteiger partial charge is 0.290 e. The maximum absolute atomic E-state index is 12.4. The molecule has 4 nitrogen and oxygen atoms in total. The summed E-state index contributed by atoms with van der Waals surface area (Å²) in [5.41, 5.74) is 0. The number of hydrogen-bond donors (Lipinski definition) is 0. The molecule has 0 radical (unpaired) electrons. The van der Waals surface area contributed by atoms with Gasteiger partial charge in [0, 0.05) is 11.2 Å². The van der Waals surface area contributed by atoms with Crippen molar-refractivity contribution in [2.24, 2.45) is 3.77 Å². The second kappa shape index (κ2) is 5.14. The maximum atomic E-state index is 12.4. The summed E-state index contributed by atoms with van der Waals surface area (Å²) in [6.07, 6.45) is 1.32. The molecule has 0 N–H and O–H groups in total. The molecule has 100 valence electrons. The molecule has 0 amide bonds. The molecule has 0 aliphatic heterocycles. The zero-order chi connectivity index (χ0) is 13.9. The summed E-state index contributed by atoms with van der Waals surface area (Å²) in [6, 6.07) is 16.1. The van der Waals surface area contributed by atoms with Gasteiger partial charge in [-0.05, 0) is 24.3 Å². The number of rotatable bonds is 3. The second-order valence-corrected chi connectivity index (χ2v) is 8.07. The third-order valence-electron chi connectivity index (χ3n) is 2.46. The van der Waals surface area contributed by atoms with Gasteiger partial charge in [0.05, 0.1) is 14.6 Å². The zero-order valence-corrected chi connectivity index (χ0v) is 11.9. The lowest BCUT2D eigenvalue weighted by atomic mass is 10.4. The van der Waals surface area contributed by atoms with Crippen LogP contribution in [0.4, 0.5) is 0 Å². The van der Waals surface area contributed by atoms with Crippen LogP contribution >= 0.6 is 0 Å². The fraction of sp³-hybridized carbons (Fsp3) is 0.0769. The average molecular weight is 295 g/mol. The van der Waals surface area contributed by atoms with E-state index in [9.17, 15) is 12.6 Å². The molecule has 6 heteroatoms. The van der Waals surface area contributed by atoms with Gasteiger partial charge >= 0.3 is 0 Å². The average Bonchev–Trinajstić information content (AvgIpc) is 2.40. The highest BCUT2D eigenvalue weighted by atomic mass is 32.3. The summed E-state index contributed by atoms with van der Waals surface area (Å²) in [5.74, 6) is 0. The number of benzene rings is 2. The molecular formula is C13H13NO3S2. The molecule has 2 aromatic rings. The van der Waals surface area contributed by atoms with Crippen LogP contribution in [0.15, 0.2) is 74.2 Å². The summed E-state index contributed by atoms with van der Waals surface area (Å²) < 4.78 is 40.2. The first-order chi connectivity index (χ1) is 8.92. The Hall–Kier alpha value is -1.66. The summed E-state index contributed by atoms with van der Waals surface area (Å²) in [5, 5.41) is 0. The van der Waals surface area contributed by atoms with Gasteiger partial charge in [0.2, 0.25) is 0 Å². The monoisotopic (exact) mass is 295 g/mol. The van der Waals surface area contributed by atoms with Crippen LogP contribution < -0.4 is 0 Å². The molecule has 0 aliphatic carbocycles. The summed E-state index contributed by atoms with van der Waals surface area (Å²) in [7, 11) is -6.90. The fourth-order valence-electron chi connectivity index (χ4n) is 1.54. The lowest BCUT2D eigenvalue weighted by Gasteiger charge is -2.04. The molecule has 0 aliphatic rings. The molecule has 2 rings (SSSR count). The summed E-state index contributed by atoms with van der Waals surface area (Å²) in [6.45, 7) is 0. The molecule has 2 aromatic carbocycles. The van der Waals surface area contributed by atoms with E-state index in [1.165, 1.54) is 18.4 Å². The highest BCUT2D eigenvalue weighted by Gasteiger charge is 2.16. The van der Waals surface area contributed by atoms with E-state index in [4.69, 9.17) is 0 Å². The van der Waals surface area contributed by atoms with Gasteiger partial charge in [-0.15, -0.1) is 3.77 Å². The molecule has 0 bridgehead atoms. The van der Waals surface area contributed by atoms with E-state index in [1.54, 1.807) is 48.5 Å². The predicted octanol–water partition coefficient (Wildman–Crippen LogP) is 2.53. The van der Waals surface area contributed by atoms with Gasteiger partial charge in [-0.1, -0.05) is 36.4 Å². The van der Waals surface area contributed by atoms with Crippen LogP contribution in [-0.4, -0.2) is 18.9 Å². The topological polar surface area (TPSA) is 63.6 Å². The number of sulfonamides is 1. The Kier molecular flexibility index (Phi) is 3.73. The van der Waals surface area contributed by atoms with Crippen molar-refractivity contribution in [2.45, 2.75) is 9.79 Å². The van der Waals surface area contributed by atoms with Gasteiger partial charge in [0.1, 0.15) is 0 Å². The van der Waals surface area contributed by atoms with Gasteiger partial charge in [0.25, 0.3) is 10.0 Å². The second-order valence-electron chi connectivity index (χ2n) is 3.98. The Morgan fingerprint density at radius 3 is 1.63 bits per heavy atom. The molecule has 0 aromatic heterocycles. The van der Waals surface area contributed by atoms with Gasteiger partial charge < -0.3 is 0 Å². The summed E-state index contributed by atoms with van der Waals surface area (Å²) in [4.78, 5) is 0.440. The highest BCUT2D eigenvalue weighted by Crippen LogP contribution is 2.17. The third kappa shape index (κ3) is 3.21. The van der Waals surface area contributed by atoms with Crippen molar-refractivity contribution < 1.29 is 12.6 Å². The third-order valence-corrected chi connectivity index (χ3v) is 6.40. The van der Waals surface area contributed by atoms with Gasteiger partial charge in [-0.25, -0.2) is 4.21 Å². The first-order valence-electron chi connectivity index (χ1n) is 5.50. The molecule has 0 saturated carbocycles. The quantitative estimate of drug-likeness (QED) is 0.874. The van der Waals surface area contributed by atoms with E-state index in [0.29, 0.717) is 4.90 Å². The van der Waals surface area contributed by atoms with Crippen LogP contribution in [0.5, 0.6) is 0 Å². The Balaban J connectivity index is 2.56. The van der Waals surface area contributed by atoms with Crippen LogP contribution in [0.2, 0.25) is 0 Å². The molecule has 0 spiro atoms. The van der Waals surface area contributed by atoms with E-state index in [0.717, 1.165) is 0 Å². The zero-order valence-electron chi connectivity index (χ0n) is 10.3.